The van der Waals surface area contributed by atoms with Crippen molar-refractivity contribution in [1.29, 1.82) is 0 Å². The first-order chi connectivity index (χ1) is 9.56. The Bertz CT molecular complexity index is 459. The fraction of sp³-hybridized carbons (Fsp3) is 0.462. The number of nitrogens with two attached hydrogens (primary N) is 1. The average Bonchev–Trinajstić information content (AvgIpc) is 2.83. The van der Waals surface area contributed by atoms with E-state index in [0.29, 0.717) is 5.69 Å². The fourth-order valence-corrected chi connectivity index (χ4v) is 1.81. The summed E-state index contributed by atoms with van der Waals surface area (Å²) >= 11 is 3.34. The van der Waals surface area contributed by atoms with E-state index in [0.717, 1.165) is 17.6 Å². The summed E-state index contributed by atoms with van der Waals surface area (Å²) < 4.78 is 4.86. The summed E-state index contributed by atoms with van der Waals surface area (Å²) in [5.74, 6) is 0. The van der Waals surface area contributed by atoms with Gasteiger partial charge in [0, 0.05) is 23.6 Å². The molecule has 0 aliphatic carbocycles. The van der Waals surface area contributed by atoms with Crippen LogP contribution >= 0.6 is 15.9 Å². The van der Waals surface area contributed by atoms with Crippen molar-refractivity contribution in [2.75, 3.05) is 17.6 Å². The van der Waals surface area contributed by atoms with E-state index in [1.54, 1.807) is 0 Å². The molecule has 0 aliphatic rings. The van der Waals surface area contributed by atoms with Gasteiger partial charge in [0.05, 0.1) is 0 Å². The van der Waals surface area contributed by atoms with Crippen LogP contribution in [-0.4, -0.2) is 28.0 Å². The van der Waals surface area contributed by atoms with Gasteiger partial charge in [-0.2, -0.15) is 4.98 Å². The fourth-order valence-electron chi connectivity index (χ4n) is 1.63. The molecule has 7 heteroatoms. The second-order valence-corrected chi connectivity index (χ2v) is 4.82. The van der Waals surface area contributed by atoms with Crippen molar-refractivity contribution in [3.8, 4) is 0 Å². The number of likely N-dealkylation sites (N-methyl/N-ethyl adjacent to an activating group) is 1. The van der Waals surface area contributed by atoms with E-state index in [9.17, 15) is 5.11 Å². The Labute approximate surface area is 127 Å². The molecular weight excluding hydrogens is 324 g/mol. The number of rotatable bonds is 8. The van der Waals surface area contributed by atoms with Crippen LogP contribution < -0.4 is 16.4 Å². The normalized spacial score (nSPS) is 15.5. The molecule has 1 aromatic heterocycles. The first-order valence-corrected chi connectivity index (χ1v) is 7.52. The zero-order valence-electron chi connectivity index (χ0n) is 11.6. The van der Waals surface area contributed by atoms with E-state index in [1.807, 2.05) is 32.1 Å². The Morgan fingerprint density at radius 1 is 1.65 bits per heavy atom. The van der Waals surface area contributed by atoms with E-state index in [-0.39, 0.29) is 12.1 Å². The number of aromatic nitrogens is 1. The highest BCUT2D eigenvalue weighted by atomic mass is 79.9. The van der Waals surface area contributed by atoms with Crippen molar-refractivity contribution in [2.24, 2.45) is 0 Å². The molecule has 0 saturated heterocycles. The highest BCUT2D eigenvalue weighted by Crippen LogP contribution is 2.12. The van der Waals surface area contributed by atoms with Gasteiger partial charge in [-0.3, -0.25) is 5.32 Å². The molecule has 0 aliphatic heterocycles. The van der Waals surface area contributed by atoms with Gasteiger partial charge < -0.3 is 20.6 Å². The largest absolute Gasteiger partial charge is 0.432 e. The highest BCUT2D eigenvalue weighted by molar-refractivity contribution is 9.09. The topological polar surface area (TPSA) is 96.3 Å². The third-order valence-corrected chi connectivity index (χ3v) is 2.81. The van der Waals surface area contributed by atoms with E-state index >= 15 is 0 Å². The quantitative estimate of drug-likeness (QED) is 0.325. The summed E-state index contributed by atoms with van der Waals surface area (Å²) in [7, 11) is 0. The number of nitrogen functional groups attached to an aromatic ring is 1. The molecule has 1 rings (SSSR count). The Morgan fingerprint density at radius 3 is 2.95 bits per heavy atom. The second-order valence-electron chi connectivity index (χ2n) is 4.18. The number of nitrogens with one attached hydrogen (secondary N) is 2. The summed E-state index contributed by atoms with van der Waals surface area (Å²) in [6.07, 6.45) is 6.37. The minimum atomic E-state index is -0.926. The molecule has 112 valence electrons. The third-order valence-electron chi connectivity index (χ3n) is 2.44. The maximum Gasteiger partial charge on any atom is 0.292 e. The summed E-state index contributed by atoms with van der Waals surface area (Å²) in [6, 6.07) is -0.0189. The number of aliphatic hydroxyl groups excluding tert-OH is 1. The van der Waals surface area contributed by atoms with Crippen molar-refractivity contribution in [2.45, 2.75) is 26.1 Å². The Hall–Kier alpha value is -1.31. The van der Waals surface area contributed by atoms with Gasteiger partial charge in [-0.15, -0.1) is 0 Å². The van der Waals surface area contributed by atoms with Crippen LogP contribution in [0.3, 0.4) is 0 Å². The minimum Gasteiger partial charge on any atom is -0.432 e. The van der Waals surface area contributed by atoms with Crippen LogP contribution in [0.5, 0.6) is 0 Å². The molecule has 1 heterocycles. The zero-order chi connectivity index (χ0) is 15.0. The molecule has 0 spiro atoms. The van der Waals surface area contributed by atoms with Crippen molar-refractivity contribution >= 4 is 21.9 Å². The zero-order valence-corrected chi connectivity index (χ0v) is 13.2. The molecule has 2 unspecified atom stereocenters. The monoisotopic (exact) mass is 344 g/mol. The molecule has 0 aromatic carbocycles. The molecule has 0 radical (unpaired) electrons. The Balaban J connectivity index is 2.63. The van der Waals surface area contributed by atoms with Crippen LogP contribution in [0.4, 0.5) is 6.01 Å². The van der Waals surface area contributed by atoms with Crippen molar-refractivity contribution in [1.82, 2.24) is 15.6 Å². The minimum absolute atomic E-state index is 0.0395. The molecule has 1 aromatic rings. The standard InChI is InChI=1S/C13H21BrN4O2/c1-3-16-10(5-4-6-14)7-9(2)17-12(19)11-8-20-13(15)18-11/h4-5,7-9,12,16-17,19H,3,6H2,1-2H3,(H2,15,18)/b5-4-,10-7+. The van der Waals surface area contributed by atoms with E-state index < -0.39 is 6.23 Å². The molecule has 5 N–H and O–H groups in total. The number of hydrogen-bond acceptors (Lipinski definition) is 6. The molecule has 2 atom stereocenters. The molecule has 0 amide bonds. The second kappa shape index (κ2) is 8.78. The lowest BCUT2D eigenvalue weighted by molar-refractivity contribution is 0.128. The smallest absolute Gasteiger partial charge is 0.292 e. The maximum atomic E-state index is 9.96. The van der Waals surface area contributed by atoms with Crippen molar-refractivity contribution < 1.29 is 9.52 Å². The SMILES string of the molecule is CCNC(/C=C\CBr)=C/C(C)NC(O)c1coc(N)n1. The van der Waals surface area contributed by atoms with Crippen LogP contribution in [-0.2, 0) is 0 Å². The predicted molar refractivity (Wildman–Crippen MR) is 83.2 cm³/mol. The number of anilines is 1. The predicted octanol–water partition coefficient (Wildman–Crippen LogP) is 1.67. The highest BCUT2D eigenvalue weighted by Gasteiger charge is 2.13. The lowest BCUT2D eigenvalue weighted by atomic mass is 10.2. The Kier molecular flexibility index (Phi) is 7.35. The third kappa shape index (κ3) is 5.77. The van der Waals surface area contributed by atoms with Gasteiger partial charge in [0.25, 0.3) is 6.01 Å². The summed E-state index contributed by atoms with van der Waals surface area (Å²) in [5.41, 5.74) is 6.72. The number of allylic oxidation sites excluding steroid dienone is 2. The summed E-state index contributed by atoms with van der Waals surface area (Å²) in [4.78, 5) is 3.87. The van der Waals surface area contributed by atoms with E-state index in [4.69, 9.17) is 10.2 Å². The van der Waals surface area contributed by atoms with Crippen LogP contribution in [0, 0.1) is 0 Å². The Morgan fingerprint density at radius 2 is 2.40 bits per heavy atom. The van der Waals surface area contributed by atoms with Gasteiger partial charge in [-0.1, -0.05) is 22.0 Å². The first kappa shape index (κ1) is 16.7. The summed E-state index contributed by atoms with van der Waals surface area (Å²) in [5, 5.41) is 17.0. The lowest BCUT2D eigenvalue weighted by Gasteiger charge is -2.16. The number of nitrogens with zero attached hydrogens (tertiary/aromatic N) is 1. The maximum absolute atomic E-state index is 9.96. The molecule has 20 heavy (non-hydrogen) atoms. The van der Waals surface area contributed by atoms with Gasteiger partial charge in [0.2, 0.25) is 0 Å². The first-order valence-electron chi connectivity index (χ1n) is 6.40. The number of halogens is 1. The molecule has 0 saturated carbocycles. The lowest BCUT2D eigenvalue weighted by Crippen LogP contribution is -2.30. The van der Waals surface area contributed by atoms with E-state index in [2.05, 4.69) is 31.5 Å². The van der Waals surface area contributed by atoms with Crippen molar-refractivity contribution in [3.05, 3.63) is 35.9 Å². The summed E-state index contributed by atoms with van der Waals surface area (Å²) in [6.45, 7) is 4.79. The number of oxazole rings is 1. The molecule has 0 bridgehead atoms. The van der Waals surface area contributed by atoms with Gasteiger partial charge in [0.15, 0.2) is 6.23 Å². The van der Waals surface area contributed by atoms with Gasteiger partial charge in [-0.05, 0) is 26.0 Å². The van der Waals surface area contributed by atoms with Crippen LogP contribution in [0.1, 0.15) is 25.8 Å². The number of alkyl halides is 1. The van der Waals surface area contributed by atoms with Gasteiger partial charge in [0.1, 0.15) is 12.0 Å². The molecule has 6 nitrogen and oxygen atoms in total. The van der Waals surface area contributed by atoms with Crippen molar-refractivity contribution in [3.63, 3.8) is 0 Å². The number of hydrogen-bond donors (Lipinski definition) is 4. The van der Waals surface area contributed by atoms with E-state index in [1.165, 1.54) is 6.26 Å². The molecule has 0 fully saturated rings. The average molecular weight is 345 g/mol. The van der Waals surface area contributed by atoms with Crippen LogP contribution in [0.15, 0.2) is 34.6 Å². The van der Waals surface area contributed by atoms with Gasteiger partial charge >= 0.3 is 0 Å². The van der Waals surface area contributed by atoms with Gasteiger partial charge in [-0.25, -0.2) is 0 Å². The van der Waals surface area contributed by atoms with Crippen LogP contribution in [0.2, 0.25) is 0 Å². The van der Waals surface area contributed by atoms with Crippen LogP contribution in [0.25, 0.3) is 0 Å². The number of aliphatic hydroxyl groups is 1. The molecular formula is C13H21BrN4O2.